The van der Waals surface area contributed by atoms with E-state index in [-0.39, 0.29) is 16.4 Å². The van der Waals surface area contributed by atoms with Crippen LogP contribution in [0.4, 0.5) is 0 Å². The van der Waals surface area contributed by atoms with E-state index in [0.717, 1.165) is 6.42 Å². The number of hydrogen-bond acceptors (Lipinski definition) is 4. The third-order valence-electron chi connectivity index (χ3n) is 3.04. The molecular weight excluding hydrogens is 268 g/mol. The molecule has 7 heteroatoms. The Morgan fingerprint density at radius 2 is 2.05 bits per heavy atom. The maximum absolute atomic E-state index is 12.0. The highest BCUT2D eigenvalue weighted by atomic mass is 32.2. The Kier molecular flexibility index (Phi) is 4.18. The highest BCUT2D eigenvalue weighted by Crippen LogP contribution is 2.14. The van der Waals surface area contributed by atoms with Crippen molar-refractivity contribution in [3.05, 3.63) is 29.8 Å². The fourth-order valence-corrected chi connectivity index (χ4v) is 2.97. The normalized spacial score (nSPS) is 19.5. The van der Waals surface area contributed by atoms with Gasteiger partial charge < -0.3 is 10.5 Å². The third kappa shape index (κ3) is 3.52. The van der Waals surface area contributed by atoms with Crippen LogP contribution in [0.3, 0.4) is 0 Å². The van der Waals surface area contributed by atoms with Gasteiger partial charge in [0.2, 0.25) is 15.9 Å². The first-order valence-corrected chi connectivity index (χ1v) is 7.44. The number of nitrogens with two attached hydrogens (primary N) is 1. The van der Waals surface area contributed by atoms with Crippen molar-refractivity contribution in [2.45, 2.75) is 11.3 Å². The molecular formula is C12H16N2O4S. The van der Waals surface area contributed by atoms with Gasteiger partial charge in [0.15, 0.2) is 0 Å². The molecule has 1 aromatic carbocycles. The highest BCUT2D eigenvalue weighted by molar-refractivity contribution is 7.89. The topological polar surface area (TPSA) is 98.5 Å². The molecule has 0 bridgehead atoms. The lowest BCUT2D eigenvalue weighted by molar-refractivity contribution is 0.1000. The second kappa shape index (κ2) is 5.68. The Hall–Kier alpha value is -1.44. The SMILES string of the molecule is NC(=O)c1ccc(S(=O)(=O)NC[C@@H]2CCOC2)cc1. The van der Waals surface area contributed by atoms with Crippen LogP contribution < -0.4 is 10.5 Å². The molecule has 0 aliphatic carbocycles. The van der Waals surface area contributed by atoms with Crippen LogP contribution in [0, 0.1) is 5.92 Å². The zero-order valence-electron chi connectivity index (χ0n) is 10.3. The van der Waals surface area contributed by atoms with Gasteiger partial charge in [0, 0.05) is 18.7 Å². The first-order valence-electron chi connectivity index (χ1n) is 5.96. The molecule has 2 rings (SSSR count). The minimum atomic E-state index is -3.55. The van der Waals surface area contributed by atoms with Gasteiger partial charge in [-0.05, 0) is 36.6 Å². The van der Waals surface area contributed by atoms with Crippen LogP contribution in [0.5, 0.6) is 0 Å². The largest absolute Gasteiger partial charge is 0.381 e. The van der Waals surface area contributed by atoms with E-state index in [0.29, 0.717) is 19.8 Å². The molecule has 0 aromatic heterocycles. The Balaban J connectivity index is 2.03. The molecule has 1 aromatic rings. The monoisotopic (exact) mass is 284 g/mol. The van der Waals surface area contributed by atoms with Gasteiger partial charge in [0.25, 0.3) is 0 Å². The second-order valence-corrected chi connectivity index (χ2v) is 6.24. The number of sulfonamides is 1. The quantitative estimate of drug-likeness (QED) is 0.801. The van der Waals surface area contributed by atoms with E-state index in [9.17, 15) is 13.2 Å². The summed E-state index contributed by atoms with van der Waals surface area (Å²) in [6.45, 7) is 1.63. The summed E-state index contributed by atoms with van der Waals surface area (Å²) in [6.07, 6.45) is 0.864. The van der Waals surface area contributed by atoms with Gasteiger partial charge in [-0.2, -0.15) is 0 Å². The first kappa shape index (κ1) is 14.0. The fraction of sp³-hybridized carbons (Fsp3) is 0.417. The molecule has 0 unspecified atom stereocenters. The Bertz CT molecular complexity index is 548. The van der Waals surface area contributed by atoms with Gasteiger partial charge in [-0.25, -0.2) is 13.1 Å². The van der Waals surface area contributed by atoms with E-state index >= 15 is 0 Å². The lowest BCUT2D eigenvalue weighted by Crippen LogP contribution is -2.29. The molecule has 0 saturated carbocycles. The molecule has 0 spiro atoms. The fourth-order valence-electron chi connectivity index (χ4n) is 1.85. The maximum Gasteiger partial charge on any atom is 0.248 e. The smallest absolute Gasteiger partial charge is 0.248 e. The van der Waals surface area contributed by atoms with Crippen LogP contribution in [0.25, 0.3) is 0 Å². The first-order chi connectivity index (χ1) is 8.99. The summed E-state index contributed by atoms with van der Waals surface area (Å²) >= 11 is 0. The predicted molar refractivity (Wildman–Crippen MR) is 69.1 cm³/mol. The lowest BCUT2D eigenvalue weighted by atomic mass is 10.1. The number of carbonyl (C=O) groups excluding carboxylic acids is 1. The van der Waals surface area contributed by atoms with Crippen molar-refractivity contribution in [3.8, 4) is 0 Å². The number of rotatable bonds is 5. The van der Waals surface area contributed by atoms with Crippen molar-refractivity contribution in [1.82, 2.24) is 4.72 Å². The van der Waals surface area contributed by atoms with Crippen LogP contribution in [0.1, 0.15) is 16.8 Å². The number of primary amides is 1. The Labute approximate surface area is 112 Å². The molecule has 1 aliphatic heterocycles. The number of nitrogens with one attached hydrogen (secondary N) is 1. The summed E-state index contributed by atoms with van der Waals surface area (Å²) in [4.78, 5) is 11.0. The van der Waals surface area contributed by atoms with E-state index in [2.05, 4.69) is 4.72 Å². The van der Waals surface area contributed by atoms with E-state index in [1.807, 2.05) is 0 Å². The van der Waals surface area contributed by atoms with Gasteiger partial charge in [0.1, 0.15) is 0 Å². The number of amides is 1. The van der Waals surface area contributed by atoms with Crippen molar-refractivity contribution in [2.24, 2.45) is 11.7 Å². The van der Waals surface area contributed by atoms with Crippen molar-refractivity contribution < 1.29 is 17.9 Å². The molecule has 1 saturated heterocycles. The van der Waals surface area contributed by atoms with Crippen LogP contribution >= 0.6 is 0 Å². The zero-order chi connectivity index (χ0) is 13.9. The third-order valence-corrected chi connectivity index (χ3v) is 4.47. The zero-order valence-corrected chi connectivity index (χ0v) is 11.2. The van der Waals surface area contributed by atoms with E-state index in [4.69, 9.17) is 10.5 Å². The standard InChI is InChI=1S/C12H16N2O4S/c13-12(15)10-1-3-11(4-2-10)19(16,17)14-7-9-5-6-18-8-9/h1-4,9,14H,5-8H2,(H2,13,15)/t9-/m0/s1. The van der Waals surface area contributed by atoms with Crippen LogP contribution in [-0.2, 0) is 14.8 Å². The minimum absolute atomic E-state index is 0.122. The van der Waals surface area contributed by atoms with Gasteiger partial charge in [-0.15, -0.1) is 0 Å². The summed E-state index contributed by atoms with van der Waals surface area (Å²) in [5.41, 5.74) is 5.38. The molecule has 1 fully saturated rings. The number of carbonyl (C=O) groups is 1. The van der Waals surface area contributed by atoms with Crippen molar-refractivity contribution in [3.63, 3.8) is 0 Å². The predicted octanol–water partition coefficient (Wildman–Crippen LogP) is 0.100. The summed E-state index contributed by atoms with van der Waals surface area (Å²) in [5, 5.41) is 0. The minimum Gasteiger partial charge on any atom is -0.381 e. The van der Waals surface area contributed by atoms with Gasteiger partial charge in [-0.1, -0.05) is 0 Å². The van der Waals surface area contributed by atoms with Crippen LogP contribution in [0.2, 0.25) is 0 Å². The van der Waals surface area contributed by atoms with Gasteiger partial charge in [-0.3, -0.25) is 4.79 Å². The molecule has 19 heavy (non-hydrogen) atoms. The van der Waals surface area contributed by atoms with E-state index in [1.165, 1.54) is 24.3 Å². The van der Waals surface area contributed by atoms with E-state index < -0.39 is 15.9 Å². The molecule has 1 heterocycles. The average Bonchev–Trinajstić information content (AvgIpc) is 2.90. The van der Waals surface area contributed by atoms with Crippen LogP contribution in [0.15, 0.2) is 29.2 Å². The summed E-state index contributed by atoms with van der Waals surface area (Å²) in [7, 11) is -3.55. The number of benzene rings is 1. The summed E-state index contributed by atoms with van der Waals surface area (Å²) in [5.74, 6) is -0.361. The Morgan fingerprint density at radius 3 is 2.58 bits per heavy atom. The molecule has 1 amide bonds. The summed E-state index contributed by atoms with van der Waals surface area (Å²) in [6, 6.07) is 5.53. The van der Waals surface area contributed by atoms with E-state index in [1.54, 1.807) is 0 Å². The molecule has 0 radical (unpaired) electrons. The molecule has 1 atom stereocenters. The highest BCUT2D eigenvalue weighted by Gasteiger charge is 2.20. The number of hydrogen-bond donors (Lipinski definition) is 2. The van der Waals surface area contributed by atoms with Gasteiger partial charge in [0.05, 0.1) is 11.5 Å². The Morgan fingerprint density at radius 1 is 1.37 bits per heavy atom. The van der Waals surface area contributed by atoms with Gasteiger partial charge >= 0.3 is 0 Å². The summed E-state index contributed by atoms with van der Waals surface area (Å²) < 4.78 is 31.7. The molecule has 1 aliphatic rings. The van der Waals surface area contributed by atoms with Crippen molar-refractivity contribution in [2.75, 3.05) is 19.8 Å². The van der Waals surface area contributed by atoms with Crippen LogP contribution in [-0.4, -0.2) is 34.1 Å². The number of ether oxygens (including phenoxy) is 1. The van der Waals surface area contributed by atoms with Crippen molar-refractivity contribution in [1.29, 1.82) is 0 Å². The maximum atomic E-state index is 12.0. The molecule has 6 nitrogen and oxygen atoms in total. The second-order valence-electron chi connectivity index (χ2n) is 4.47. The molecule has 3 N–H and O–H groups in total. The molecule has 104 valence electrons. The average molecular weight is 284 g/mol. The lowest BCUT2D eigenvalue weighted by Gasteiger charge is -2.10. The van der Waals surface area contributed by atoms with Crippen molar-refractivity contribution >= 4 is 15.9 Å².